The van der Waals surface area contributed by atoms with E-state index in [0.29, 0.717) is 11.9 Å². The van der Waals surface area contributed by atoms with Crippen molar-refractivity contribution in [1.82, 2.24) is 0 Å². The van der Waals surface area contributed by atoms with Gasteiger partial charge in [-0.05, 0) is 30.6 Å². The Bertz CT molecular complexity index is 166. The van der Waals surface area contributed by atoms with Gasteiger partial charge in [-0.15, -0.1) is 0 Å². The van der Waals surface area contributed by atoms with Gasteiger partial charge >= 0.3 is 0 Å². The summed E-state index contributed by atoms with van der Waals surface area (Å²) in [5, 5.41) is 9.36. The molecule has 0 aromatic carbocycles. The molecular weight excluding hydrogens is 180 g/mol. The van der Waals surface area contributed by atoms with Crippen molar-refractivity contribution in [3.05, 3.63) is 0 Å². The minimum atomic E-state index is -0.0359. The summed E-state index contributed by atoms with van der Waals surface area (Å²) in [6.07, 6.45) is 3.14. The van der Waals surface area contributed by atoms with E-state index in [1.54, 1.807) is 0 Å². The molecule has 14 heavy (non-hydrogen) atoms. The monoisotopic (exact) mass is 202 g/mol. The number of ether oxygens (including phenoxy) is 1. The molecule has 1 N–H and O–H groups in total. The van der Waals surface area contributed by atoms with Crippen LogP contribution in [0.1, 0.15) is 40.0 Å². The zero-order valence-electron chi connectivity index (χ0n) is 9.62. The highest BCUT2D eigenvalue weighted by molar-refractivity contribution is 5.36. The fraction of sp³-hybridized carbons (Fsp3) is 0.909. The Labute approximate surface area is 86.5 Å². The van der Waals surface area contributed by atoms with Crippen molar-refractivity contribution < 1.29 is 14.6 Å². The summed E-state index contributed by atoms with van der Waals surface area (Å²) in [5.41, 5.74) is 0.359. The quantitative estimate of drug-likeness (QED) is 0.661. The van der Waals surface area contributed by atoms with Gasteiger partial charge < -0.3 is 9.84 Å². The highest BCUT2D eigenvalue weighted by atomic mass is 16.5. The molecule has 1 rings (SSSR count). The van der Waals surface area contributed by atoms with Gasteiger partial charge in [0.1, 0.15) is 0 Å². The summed E-state index contributed by atoms with van der Waals surface area (Å²) in [6.45, 7) is 7.16. The van der Waals surface area contributed by atoms with E-state index in [1.165, 1.54) is 13.5 Å². The summed E-state index contributed by atoms with van der Waals surface area (Å²) >= 11 is 0. The predicted molar refractivity (Wildman–Crippen MR) is 55.9 cm³/mol. The van der Waals surface area contributed by atoms with E-state index < -0.39 is 0 Å². The molecular formula is C11H22O3. The van der Waals surface area contributed by atoms with Crippen LogP contribution in [0.3, 0.4) is 0 Å². The van der Waals surface area contributed by atoms with Gasteiger partial charge in [-0.2, -0.15) is 0 Å². The lowest BCUT2D eigenvalue weighted by molar-refractivity contribution is -0.126. The van der Waals surface area contributed by atoms with E-state index in [-0.39, 0.29) is 6.10 Å². The first kappa shape index (κ1) is 13.4. The van der Waals surface area contributed by atoms with E-state index in [4.69, 9.17) is 4.79 Å². The first-order valence-corrected chi connectivity index (χ1v) is 5.08. The SMILES string of the molecule is CC1CCC(O)CC1(C)C.COC=O. The normalized spacial score (nSPS) is 29.8. The lowest BCUT2D eigenvalue weighted by atomic mass is 9.69. The lowest BCUT2D eigenvalue weighted by Gasteiger charge is -2.38. The Morgan fingerprint density at radius 2 is 1.93 bits per heavy atom. The average molecular weight is 202 g/mol. The van der Waals surface area contributed by atoms with E-state index >= 15 is 0 Å². The summed E-state index contributed by atoms with van der Waals surface area (Å²) in [5.74, 6) is 0.774. The third-order valence-corrected chi connectivity index (χ3v) is 3.12. The van der Waals surface area contributed by atoms with Crippen LogP contribution in [0.25, 0.3) is 0 Å². The number of methoxy groups -OCH3 is 1. The second kappa shape index (κ2) is 6.02. The Morgan fingerprint density at radius 3 is 2.21 bits per heavy atom. The number of hydrogen-bond acceptors (Lipinski definition) is 3. The van der Waals surface area contributed by atoms with Crippen molar-refractivity contribution in [2.75, 3.05) is 7.11 Å². The molecule has 1 aliphatic rings. The largest absolute Gasteiger partial charge is 0.471 e. The molecule has 0 radical (unpaired) electrons. The highest BCUT2D eigenvalue weighted by Gasteiger charge is 2.32. The fourth-order valence-electron chi connectivity index (χ4n) is 1.74. The van der Waals surface area contributed by atoms with Crippen molar-refractivity contribution in [2.24, 2.45) is 11.3 Å². The van der Waals surface area contributed by atoms with Gasteiger partial charge in [0.05, 0.1) is 13.2 Å². The Kier molecular flexibility index (Phi) is 5.77. The van der Waals surface area contributed by atoms with Gasteiger partial charge in [0.25, 0.3) is 6.47 Å². The number of aliphatic hydroxyl groups excluding tert-OH is 1. The molecule has 0 aliphatic heterocycles. The molecule has 0 amide bonds. The molecule has 0 spiro atoms. The molecule has 3 nitrogen and oxygen atoms in total. The maximum atomic E-state index is 9.36. The van der Waals surface area contributed by atoms with Crippen LogP contribution >= 0.6 is 0 Å². The maximum Gasteiger partial charge on any atom is 0.292 e. The van der Waals surface area contributed by atoms with Crippen molar-refractivity contribution in [2.45, 2.75) is 46.1 Å². The molecule has 1 fully saturated rings. The second-order valence-electron chi connectivity index (χ2n) is 4.66. The van der Waals surface area contributed by atoms with Crippen LogP contribution in [-0.4, -0.2) is 24.8 Å². The first-order valence-electron chi connectivity index (χ1n) is 5.08. The Hall–Kier alpha value is -0.570. The topological polar surface area (TPSA) is 46.5 Å². The van der Waals surface area contributed by atoms with Gasteiger partial charge in [0.2, 0.25) is 0 Å². The van der Waals surface area contributed by atoms with Gasteiger partial charge in [-0.25, -0.2) is 0 Å². The maximum absolute atomic E-state index is 9.36. The predicted octanol–water partition coefficient (Wildman–Crippen LogP) is 1.98. The summed E-state index contributed by atoms with van der Waals surface area (Å²) in [7, 11) is 1.31. The van der Waals surface area contributed by atoms with Crippen LogP contribution in [0.15, 0.2) is 0 Å². The zero-order valence-corrected chi connectivity index (χ0v) is 9.62. The molecule has 84 valence electrons. The molecule has 0 bridgehead atoms. The van der Waals surface area contributed by atoms with Gasteiger partial charge in [0, 0.05) is 0 Å². The van der Waals surface area contributed by atoms with Gasteiger partial charge in [-0.1, -0.05) is 20.8 Å². The average Bonchev–Trinajstić information content (AvgIpc) is 2.12. The van der Waals surface area contributed by atoms with Gasteiger partial charge in [0.15, 0.2) is 0 Å². The van der Waals surface area contributed by atoms with E-state index in [2.05, 4.69) is 25.5 Å². The third-order valence-electron chi connectivity index (χ3n) is 3.12. The molecule has 0 heterocycles. The highest BCUT2D eigenvalue weighted by Crippen LogP contribution is 2.39. The van der Waals surface area contributed by atoms with Gasteiger partial charge in [-0.3, -0.25) is 4.79 Å². The molecule has 2 unspecified atom stereocenters. The molecule has 0 aromatic heterocycles. The summed E-state index contributed by atoms with van der Waals surface area (Å²) < 4.78 is 3.86. The van der Waals surface area contributed by atoms with Crippen LogP contribution in [0.4, 0.5) is 0 Å². The van der Waals surface area contributed by atoms with Crippen LogP contribution in [0.2, 0.25) is 0 Å². The zero-order chi connectivity index (χ0) is 11.2. The van der Waals surface area contributed by atoms with E-state index in [9.17, 15) is 5.11 Å². The number of rotatable bonds is 1. The second-order valence-corrected chi connectivity index (χ2v) is 4.66. The molecule has 0 saturated heterocycles. The smallest absolute Gasteiger partial charge is 0.292 e. The summed E-state index contributed by atoms with van der Waals surface area (Å²) in [4.78, 5) is 8.95. The van der Waals surface area contributed by atoms with Crippen LogP contribution in [-0.2, 0) is 9.53 Å². The van der Waals surface area contributed by atoms with Crippen LogP contribution < -0.4 is 0 Å². The number of aliphatic hydroxyl groups is 1. The van der Waals surface area contributed by atoms with Crippen LogP contribution in [0, 0.1) is 11.3 Å². The fourth-order valence-corrected chi connectivity index (χ4v) is 1.74. The first-order chi connectivity index (χ1) is 6.44. The van der Waals surface area contributed by atoms with Crippen molar-refractivity contribution >= 4 is 6.47 Å². The standard InChI is InChI=1S/C9H18O.C2H4O2/c1-7-4-5-8(10)6-9(7,2)3;1-4-2-3/h7-8,10H,4-6H2,1-3H3;2H,1H3. The summed E-state index contributed by atoms with van der Waals surface area (Å²) in [6, 6.07) is 0. The third kappa shape index (κ3) is 4.61. The molecule has 1 saturated carbocycles. The van der Waals surface area contributed by atoms with Crippen molar-refractivity contribution in [3.8, 4) is 0 Å². The van der Waals surface area contributed by atoms with E-state index in [0.717, 1.165) is 18.8 Å². The number of hydrogen-bond donors (Lipinski definition) is 1. The number of carbonyl (C=O) groups is 1. The van der Waals surface area contributed by atoms with Crippen LogP contribution in [0.5, 0.6) is 0 Å². The lowest BCUT2D eigenvalue weighted by Crippen LogP contribution is -2.32. The minimum Gasteiger partial charge on any atom is -0.471 e. The number of carbonyl (C=O) groups excluding carboxylic acids is 1. The molecule has 0 aromatic rings. The Balaban J connectivity index is 0.000000364. The van der Waals surface area contributed by atoms with E-state index in [1.807, 2.05) is 0 Å². The molecule has 1 aliphatic carbocycles. The molecule has 3 heteroatoms. The van der Waals surface area contributed by atoms with Crippen molar-refractivity contribution in [1.29, 1.82) is 0 Å². The minimum absolute atomic E-state index is 0.0359. The Morgan fingerprint density at radius 1 is 1.43 bits per heavy atom. The van der Waals surface area contributed by atoms with Crippen molar-refractivity contribution in [3.63, 3.8) is 0 Å². The molecule has 2 atom stereocenters.